The summed E-state index contributed by atoms with van der Waals surface area (Å²) >= 11 is 0.298. The van der Waals surface area contributed by atoms with E-state index in [1.807, 2.05) is 0 Å². The minimum atomic E-state index is -0.918. The summed E-state index contributed by atoms with van der Waals surface area (Å²) < 4.78 is 0. The number of aliphatic carboxylic acids is 1. The number of nitrogens with two attached hydrogens (primary N) is 2. The van der Waals surface area contributed by atoms with Gasteiger partial charge in [0.15, 0.2) is 0 Å². The Morgan fingerprint density at radius 1 is 1.70 bits per heavy atom. The van der Waals surface area contributed by atoms with Gasteiger partial charge in [-0.1, -0.05) is 0 Å². The van der Waals surface area contributed by atoms with Crippen molar-refractivity contribution in [2.75, 3.05) is 6.54 Å². The Morgan fingerprint density at radius 3 is 2.70 bits per heavy atom. The summed E-state index contributed by atoms with van der Waals surface area (Å²) in [7, 11) is 0. The molecule has 0 aromatic rings. The molecular formula is C5H12N2O2Se. The molecule has 0 bridgehead atoms. The molecule has 10 heavy (non-hydrogen) atoms. The number of hydrogen-bond acceptors (Lipinski definition) is 3. The van der Waals surface area contributed by atoms with Gasteiger partial charge in [-0.25, -0.2) is 0 Å². The number of carbonyl (C=O) groups is 1. The molecule has 0 aliphatic heterocycles. The van der Waals surface area contributed by atoms with Gasteiger partial charge in [0.2, 0.25) is 0 Å². The van der Waals surface area contributed by atoms with Gasteiger partial charge >= 0.3 is 65.5 Å². The Bertz CT molecular complexity index is 110. The first-order valence-corrected chi connectivity index (χ1v) is 5.37. The third kappa shape index (κ3) is 4.76. The Balaban J connectivity index is 3.21. The van der Waals surface area contributed by atoms with E-state index in [4.69, 9.17) is 16.6 Å². The van der Waals surface area contributed by atoms with E-state index in [0.717, 1.165) is 5.32 Å². The third-order valence-electron chi connectivity index (χ3n) is 0.877. The molecule has 0 fully saturated rings. The Hall–Kier alpha value is -0.0905. The van der Waals surface area contributed by atoms with Crippen molar-refractivity contribution in [1.29, 1.82) is 0 Å². The van der Waals surface area contributed by atoms with Gasteiger partial charge in [0.1, 0.15) is 0 Å². The van der Waals surface area contributed by atoms with E-state index in [-0.39, 0.29) is 0 Å². The van der Waals surface area contributed by atoms with E-state index in [1.165, 1.54) is 0 Å². The second-order valence-electron chi connectivity index (χ2n) is 1.81. The molecule has 0 unspecified atom stereocenters. The van der Waals surface area contributed by atoms with E-state index in [0.29, 0.717) is 26.8 Å². The predicted octanol–water partition coefficient (Wildman–Crippen LogP) is -1.10. The molecule has 0 radical (unpaired) electrons. The summed E-state index contributed by atoms with van der Waals surface area (Å²) in [4.78, 5) is 10.1. The SMILES string of the molecule is NCC[Se]C[C@H](N)C(=O)O. The van der Waals surface area contributed by atoms with Crippen LogP contribution in [0, 0.1) is 0 Å². The molecule has 0 aliphatic carbocycles. The summed E-state index contributed by atoms with van der Waals surface area (Å²) in [5, 5.41) is 9.83. The molecule has 5 N–H and O–H groups in total. The van der Waals surface area contributed by atoms with Gasteiger partial charge in [0.25, 0.3) is 0 Å². The fourth-order valence-electron chi connectivity index (χ4n) is 0.365. The van der Waals surface area contributed by atoms with Crippen molar-refractivity contribution in [1.82, 2.24) is 0 Å². The van der Waals surface area contributed by atoms with Crippen LogP contribution in [0.4, 0.5) is 0 Å². The van der Waals surface area contributed by atoms with Gasteiger partial charge in [-0.15, -0.1) is 0 Å². The molecule has 0 aliphatic rings. The molecular weight excluding hydrogens is 199 g/mol. The van der Waals surface area contributed by atoms with E-state index < -0.39 is 12.0 Å². The van der Waals surface area contributed by atoms with Crippen LogP contribution in [0.5, 0.6) is 0 Å². The molecule has 4 nitrogen and oxygen atoms in total. The van der Waals surface area contributed by atoms with Crippen LogP contribution in [-0.2, 0) is 4.79 Å². The number of rotatable bonds is 5. The molecule has 0 saturated heterocycles. The fourth-order valence-corrected chi connectivity index (χ4v) is 1.90. The van der Waals surface area contributed by atoms with Crippen LogP contribution in [-0.4, -0.2) is 38.6 Å². The second kappa shape index (κ2) is 5.68. The van der Waals surface area contributed by atoms with E-state index >= 15 is 0 Å². The van der Waals surface area contributed by atoms with Crippen molar-refractivity contribution in [3.8, 4) is 0 Å². The van der Waals surface area contributed by atoms with Crippen LogP contribution in [0.2, 0.25) is 10.6 Å². The standard InChI is InChI=1S/C5H12N2O2Se/c6-1-2-10-3-4(7)5(8)9/h4H,1-3,6-7H2,(H,8,9)/t4-/m0/s1. The topological polar surface area (TPSA) is 89.3 Å². The molecule has 60 valence electrons. The van der Waals surface area contributed by atoms with Crippen molar-refractivity contribution in [3.63, 3.8) is 0 Å². The van der Waals surface area contributed by atoms with Crippen LogP contribution in [0.15, 0.2) is 0 Å². The van der Waals surface area contributed by atoms with E-state index in [1.54, 1.807) is 0 Å². The number of carboxylic acids is 1. The Labute approximate surface area is 66.1 Å². The molecule has 0 aromatic carbocycles. The number of hydrogen-bond donors (Lipinski definition) is 3. The first kappa shape index (κ1) is 9.91. The van der Waals surface area contributed by atoms with E-state index in [2.05, 4.69) is 0 Å². The molecule has 0 rings (SSSR count). The first-order chi connectivity index (χ1) is 4.68. The Kier molecular flexibility index (Phi) is 5.62. The van der Waals surface area contributed by atoms with Crippen molar-refractivity contribution < 1.29 is 9.90 Å². The monoisotopic (exact) mass is 212 g/mol. The molecule has 5 heteroatoms. The average molecular weight is 211 g/mol. The van der Waals surface area contributed by atoms with Crippen LogP contribution in [0.1, 0.15) is 0 Å². The zero-order chi connectivity index (χ0) is 7.98. The normalized spacial score (nSPS) is 13.0. The van der Waals surface area contributed by atoms with Gasteiger partial charge in [0, 0.05) is 0 Å². The van der Waals surface area contributed by atoms with Gasteiger partial charge in [-0.2, -0.15) is 0 Å². The first-order valence-electron chi connectivity index (χ1n) is 2.94. The zero-order valence-corrected chi connectivity index (χ0v) is 7.33. The quantitative estimate of drug-likeness (QED) is 0.397. The average Bonchev–Trinajstić information content (AvgIpc) is 1.88. The fraction of sp³-hybridized carbons (Fsp3) is 0.800. The summed E-state index contributed by atoms with van der Waals surface area (Å²) in [5.41, 5.74) is 10.5. The van der Waals surface area contributed by atoms with Crippen molar-refractivity contribution in [2.24, 2.45) is 11.5 Å². The summed E-state index contributed by atoms with van der Waals surface area (Å²) in [5.74, 6) is -0.918. The second-order valence-corrected chi connectivity index (χ2v) is 4.22. The van der Waals surface area contributed by atoms with Gasteiger partial charge in [0.05, 0.1) is 0 Å². The zero-order valence-electron chi connectivity index (χ0n) is 5.62. The number of carboxylic acid groups (broad SMARTS) is 1. The predicted molar refractivity (Wildman–Crippen MR) is 40.0 cm³/mol. The molecule has 0 saturated carbocycles. The molecule has 0 amide bonds. The van der Waals surface area contributed by atoms with Crippen molar-refractivity contribution in [2.45, 2.75) is 16.7 Å². The molecule has 0 aromatic heterocycles. The van der Waals surface area contributed by atoms with Crippen LogP contribution in [0.3, 0.4) is 0 Å². The van der Waals surface area contributed by atoms with Crippen LogP contribution in [0.25, 0.3) is 0 Å². The minimum absolute atomic E-state index is 0.298. The summed E-state index contributed by atoms with van der Waals surface area (Å²) in [6.07, 6.45) is 0. The van der Waals surface area contributed by atoms with Crippen LogP contribution < -0.4 is 11.5 Å². The summed E-state index contributed by atoms with van der Waals surface area (Å²) in [6, 6.07) is -0.688. The third-order valence-corrected chi connectivity index (χ3v) is 3.22. The van der Waals surface area contributed by atoms with Gasteiger partial charge in [-0.05, 0) is 0 Å². The molecule has 0 heterocycles. The molecule has 0 spiro atoms. The van der Waals surface area contributed by atoms with Crippen LogP contribution >= 0.6 is 0 Å². The van der Waals surface area contributed by atoms with Gasteiger partial charge in [-0.3, -0.25) is 0 Å². The van der Waals surface area contributed by atoms with Gasteiger partial charge < -0.3 is 0 Å². The molecule has 1 atom stereocenters. The summed E-state index contributed by atoms with van der Waals surface area (Å²) in [6.45, 7) is 0.631. The van der Waals surface area contributed by atoms with E-state index in [9.17, 15) is 4.79 Å². The van der Waals surface area contributed by atoms with Crippen molar-refractivity contribution in [3.05, 3.63) is 0 Å². The maximum atomic E-state index is 10.1. The maximum absolute atomic E-state index is 10.1. The Morgan fingerprint density at radius 2 is 2.30 bits per heavy atom. The van der Waals surface area contributed by atoms with Crippen molar-refractivity contribution >= 4 is 20.9 Å².